The third kappa shape index (κ3) is 7.69. The van der Waals surface area contributed by atoms with Gasteiger partial charge in [-0.25, -0.2) is 0 Å². The number of rotatable bonds is 3. The van der Waals surface area contributed by atoms with Crippen LogP contribution < -0.4 is 0 Å². The molecule has 0 spiro atoms. The van der Waals surface area contributed by atoms with Crippen LogP contribution >= 0.6 is 12.2 Å². The maximum atomic E-state index is 11.0. The quantitative estimate of drug-likeness (QED) is 0.390. The van der Waals surface area contributed by atoms with Gasteiger partial charge < -0.3 is 9.08 Å². The second-order valence-corrected chi connectivity index (χ2v) is 4.54. The number of nitrogens with zero attached hydrogens (tertiary/aromatic N) is 1. The Balaban J connectivity index is 0. The first kappa shape index (κ1) is 16.1. The van der Waals surface area contributed by atoms with Crippen LogP contribution in [0.25, 0.3) is 0 Å². The van der Waals surface area contributed by atoms with E-state index < -0.39 is 10.1 Å². The summed E-state index contributed by atoms with van der Waals surface area (Å²) in [7, 11) is -0.201. The van der Waals surface area contributed by atoms with Crippen molar-refractivity contribution >= 4 is 57.1 Å². The molecule has 0 aromatic carbocycles. The fourth-order valence-electron chi connectivity index (χ4n) is 0.475. The van der Waals surface area contributed by atoms with Crippen molar-refractivity contribution in [3.05, 3.63) is 0 Å². The minimum absolute atomic E-state index is 0. The maximum absolute atomic E-state index is 11.0. The predicted octanol–water partition coefficient (Wildman–Crippen LogP) is -0.0592. The Kier molecular flexibility index (Phi) is 8.66. The van der Waals surface area contributed by atoms with Crippen LogP contribution in [0.4, 0.5) is 0 Å². The number of hydrogen-bond donors (Lipinski definition) is 0. The Morgan fingerprint density at radius 2 is 1.92 bits per heavy atom. The number of thiocarbonyl (C=S) groups is 1. The van der Waals surface area contributed by atoms with E-state index in [1.807, 2.05) is 0 Å². The van der Waals surface area contributed by atoms with Crippen molar-refractivity contribution in [2.24, 2.45) is 0 Å². The van der Waals surface area contributed by atoms with E-state index in [4.69, 9.17) is 0 Å². The van der Waals surface area contributed by atoms with Crippen LogP contribution in [-0.4, -0.2) is 67.9 Å². The van der Waals surface area contributed by atoms with Crippen LogP contribution in [0.1, 0.15) is 13.3 Å². The van der Waals surface area contributed by atoms with E-state index >= 15 is 0 Å². The molecule has 7 heteroatoms. The van der Waals surface area contributed by atoms with Gasteiger partial charge in [0.25, 0.3) is 5.17 Å². The van der Waals surface area contributed by atoms with E-state index in [-0.39, 0.29) is 40.5 Å². The summed E-state index contributed by atoms with van der Waals surface area (Å²) in [6.07, 6.45) is 0.526. The summed E-state index contributed by atoms with van der Waals surface area (Å²) < 4.78 is 26.6. The Hall–Kier alpha value is 0.640. The van der Waals surface area contributed by atoms with Gasteiger partial charge in [-0.1, -0.05) is 6.92 Å². The van der Waals surface area contributed by atoms with E-state index in [2.05, 4.69) is 16.4 Å². The van der Waals surface area contributed by atoms with Crippen molar-refractivity contribution in [2.45, 2.75) is 13.3 Å². The summed E-state index contributed by atoms with van der Waals surface area (Å²) in [5.74, 6) is 0.000972. The molecule has 0 saturated heterocycles. The Morgan fingerprint density at radius 3 is 2.23 bits per heavy atom. The van der Waals surface area contributed by atoms with Gasteiger partial charge in [-0.05, 0) is 18.6 Å². The Bertz CT molecular complexity index is 251. The zero-order valence-electron chi connectivity index (χ0n) is 7.40. The molecule has 0 bridgehead atoms. The van der Waals surface area contributed by atoms with Gasteiger partial charge in [0.1, 0.15) is 0 Å². The molecule has 0 amide bonds. The molecule has 0 aromatic rings. The van der Waals surface area contributed by atoms with Crippen LogP contribution in [0.2, 0.25) is 0 Å². The van der Waals surface area contributed by atoms with E-state index in [1.165, 1.54) is 4.90 Å². The second-order valence-electron chi connectivity index (χ2n) is 2.51. The van der Waals surface area contributed by atoms with Crippen LogP contribution in [-0.2, 0) is 14.3 Å². The van der Waals surface area contributed by atoms with Gasteiger partial charge in [0.15, 0.2) is 0 Å². The predicted molar refractivity (Wildman–Crippen MR) is 58.6 cm³/mol. The topological polar surface area (TPSA) is 46.6 Å². The zero-order valence-corrected chi connectivity index (χ0v) is 9.04. The average Bonchev–Trinajstić information content (AvgIpc) is 1.85. The second kappa shape index (κ2) is 7.00. The molecular formula is C6H14NNaO3S2. The molecule has 0 aliphatic heterocycles. The molecule has 0 heterocycles. The van der Waals surface area contributed by atoms with Crippen molar-refractivity contribution in [3.63, 3.8) is 0 Å². The third-order valence-corrected chi connectivity index (χ3v) is 2.89. The third-order valence-electron chi connectivity index (χ3n) is 1.02. The Morgan fingerprint density at radius 1 is 1.46 bits per heavy atom. The summed E-state index contributed by atoms with van der Waals surface area (Å²) in [6, 6.07) is 0. The fraction of sp³-hybridized carbons (Fsp3) is 0.833. The molecule has 0 saturated carbocycles. The molecule has 0 aliphatic carbocycles. The first-order valence-electron chi connectivity index (χ1n) is 3.52. The van der Waals surface area contributed by atoms with Gasteiger partial charge in [0.05, 0.1) is 5.75 Å². The molecule has 0 unspecified atom stereocenters. The molecular weight excluding hydrogens is 221 g/mol. The summed E-state index contributed by atoms with van der Waals surface area (Å²) >= 11 is 4.66. The van der Waals surface area contributed by atoms with Gasteiger partial charge in [0.2, 0.25) is 0 Å². The van der Waals surface area contributed by atoms with Crippen molar-refractivity contribution in [1.82, 2.24) is 4.90 Å². The zero-order chi connectivity index (χ0) is 9.78. The van der Waals surface area contributed by atoms with Crippen LogP contribution in [0.3, 0.4) is 0 Å². The molecule has 0 radical (unpaired) electrons. The van der Waals surface area contributed by atoms with Gasteiger partial charge in [-0.3, -0.25) is 0 Å². The molecule has 0 atom stereocenters. The van der Waals surface area contributed by atoms with Crippen molar-refractivity contribution in [1.29, 1.82) is 0 Å². The van der Waals surface area contributed by atoms with Crippen molar-refractivity contribution < 1.29 is 12.6 Å². The fourth-order valence-corrected chi connectivity index (χ4v) is 1.74. The molecule has 0 fully saturated rings. The van der Waals surface area contributed by atoms with Crippen LogP contribution in [0.5, 0.6) is 0 Å². The van der Waals surface area contributed by atoms with Gasteiger partial charge >= 0.3 is 39.7 Å². The first-order chi connectivity index (χ1) is 5.39. The monoisotopic (exact) mass is 235 g/mol. The molecule has 4 nitrogen and oxygen atoms in total. The normalized spacial score (nSPS) is 10.1. The molecule has 0 aliphatic rings. The van der Waals surface area contributed by atoms with Crippen LogP contribution in [0.15, 0.2) is 0 Å². The van der Waals surface area contributed by atoms with Gasteiger partial charge in [0, 0.05) is 14.1 Å². The summed E-state index contributed by atoms with van der Waals surface area (Å²) in [4.78, 5) is 1.43. The minimum atomic E-state index is -3.46. The summed E-state index contributed by atoms with van der Waals surface area (Å²) in [5.41, 5.74) is 0. The Labute approximate surface area is 107 Å². The van der Waals surface area contributed by atoms with E-state index in [0.717, 1.165) is 0 Å². The van der Waals surface area contributed by atoms with E-state index in [0.29, 0.717) is 6.42 Å². The van der Waals surface area contributed by atoms with Gasteiger partial charge in [-0.15, -0.1) is 0 Å². The standard InChI is InChI=1S/C6H13NO3S2.Na.H/c1-4-5-12(8,9)10-6(11)7(2)3;;/h4-5H2,1-3H3;;. The van der Waals surface area contributed by atoms with Crippen molar-refractivity contribution in [3.8, 4) is 0 Å². The SMILES string of the molecule is CCCS(=O)(=O)OC(=S)N(C)C.[NaH]. The van der Waals surface area contributed by atoms with Gasteiger partial charge in [-0.2, -0.15) is 8.42 Å². The molecule has 0 N–H and O–H groups in total. The van der Waals surface area contributed by atoms with Crippen LogP contribution in [0, 0.1) is 0 Å². The van der Waals surface area contributed by atoms with E-state index in [1.54, 1.807) is 21.0 Å². The summed E-state index contributed by atoms with van der Waals surface area (Å²) in [6.45, 7) is 1.76. The molecule has 74 valence electrons. The van der Waals surface area contributed by atoms with E-state index in [9.17, 15) is 8.42 Å². The molecule has 13 heavy (non-hydrogen) atoms. The first-order valence-corrected chi connectivity index (χ1v) is 5.51. The number of hydrogen-bond acceptors (Lipinski definition) is 4. The average molecular weight is 235 g/mol. The molecule has 0 aromatic heterocycles. The van der Waals surface area contributed by atoms with Crippen molar-refractivity contribution in [2.75, 3.05) is 19.8 Å². The summed E-state index contributed by atoms with van der Waals surface area (Å²) in [5, 5.41) is -0.0246. The molecule has 0 rings (SSSR count).